The second-order valence-corrected chi connectivity index (χ2v) is 3.86. The van der Waals surface area contributed by atoms with E-state index in [0.717, 1.165) is 12.2 Å². The molecule has 1 heterocycles. The molecule has 0 unspecified atom stereocenters. The quantitative estimate of drug-likeness (QED) is 0.820. The smallest absolute Gasteiger partial charge is 0.145 e. The fourth-order valence-corrected chi connectivity index (χ4v) is 1.59. The third-order valence-electron chi connectivity index (χ3n) is 2.62. The van der Waals surface area contributed by atoms with E-state index >= 15 is 0 Å². The van der Waals surface area contributed by atoms with Gasteiger partial charge in [-0.25, -0.2) is 0 Å². The zero-order chi connectivity index (χ0) is 12.8. The minimum Gasteiger partial charge on any atom is -0.497 e. The molecular weight excluding hydrogens is 228 g/mol. The number of benzene rings is 1. The second-order valence-electron chi connectivity index (χ2n) is 3.86. The lowest BCUT2D eigenvalue weighted by Gasteiger charge is -2.10. The molecule has 4 nitrogen and oxygen atoms in total. The van der Waals surface area contributed by atoms with Crippen LogP contribution in [0.3, 0.4) is 0 Å². The lowest BCUT2D eigenvalue weighted by Crippen LogP contribution is -2.03. The maximum absolute atomic E-state index is 5.83. The van der Waals surface area contributed by atoms with E-state index in [4.69, 9.17) is 15.2 Å². The highest BCUT2D eigenvalue weighted by atomic mass is 16.5. The molecule has 0 aliphatic heterocycles. The molecule has 0 saturated carbocycles. The van der Waals surface area contributed by atoms with E-state index in [2.05, 4.69) is 4.98 Å². The van der Waals surface area contributed by atoms with Crippen LogP contribution < -0.4 is 15.2 Å². The molecule has 0 aliphatic carbocycles. The van der Waals surface area contributed by atoms with Crippen molar-refractivity contribution in [2.45, 2.75) is 6.42 Å². The highest BCUT2D eigenvalue weighted by Crippen LogP contribution is 2.26. The summed E-state index contributed by atoms with van der Waals surface area (Å²) in [5.41, 5.74) is 7.64. The highest BCUT2D eigenvalue weighted by molar-refractivity contribution is 5.55. The molecule has 18 heavy (non-hydrogen) atoms. The SMILES string of the molecule is COc1ccc(N)c(OCCc2ccncc2)c1. The number of methoxy groups -OCH3 is 1. The van der Waals surface area contributed by atoms with Crippen molar-refractivity contribution in [2.24, 2.45) is 0 Å². The first-order valence-electron chi connectivity index (χ1n) is 5.75. The van der Waals surface area contributed by atoms with Crippen LogP contribution in [0.4, 0.5) is 5.69 Å². The Morgan fingerprint density at radius 3 is 2.67 bits per heavy atom. The molecule has 4 heteroatoms. The highest BCUT2D eigenvalue weighted by Gasteiger charge is 2.02. The van der Waals surface area contributed by atoms with E-state index in [1.165, 1.54) is 5.56 Å². The lowest BCUT2D eigenvalue weighted by atomic mass is 10.2. The van der Waals surface area contributed by atoms with Gasteiger partial charge in [0.2, 0.25) is 0 Å². The fraction of sp³-hybridized carbons (Fsp3) is 0.214. The van der Waals surface area contributed by atoms with E-state index < -0.39 is 0 Å². The van der Waals surface area contributed by atoms with Crippen molar-refractivity contribution in [2.75, 3.05) is 19.5 Å². The summed E-state index contributed by atoms with van der Waals surface area (Å²) < 4.78 is 10.8. The molecule has 1 aromatic carbocycles. The molecule has 2 N–H and O–H groups in total. The van der Waals surface area contributed by atoms with Crippen molar-refractivity contribution >= 4 is 5.69 Å². The van der Waals surface area contributed by atoms with Gasteiger partial charge in [0.25, 0.3) is 0 Å². The van der Waals surface area contributed by atoms with Crippen molar-refractivity contribution in [1.82, 2.24) is 4.98 Å². The molecule has 0 saturated heterocycles. The van der Waals surface area contributed by atoms with Crippen LogP contribution in [0.1, 0.15) is 5.56 Å². The first kappa shape index (κ1) is 12.2. The summed E-state index contributed by atoms with van der Waals surface area (Å²) >= 11 is 0. The maximum Gasteiger partial charge on any atom is 0.145 e. The number of aromatic nitrogens is 1. The van der Waals surface area contributed by atoms with E-state index in [0.29, 0.717) is 18.0 Å². The zero-order valence-corrected chi connectivity index (χ0v) is 10.3. The number of pyridine rings is 1. The van der Waals surface area contributed by atoms with Crippen molar-refractivity contribution in [1.29, 1.82) is 0 Å². The largest absolute Gasteiger partial charge is 0.497 e. The van der Waals surface area contributed by atoms with Gasteiger partial charge >= 0.3 is 0 Å². The number of anilines is 1. The third kappa shape index (κ3) is 3.13. The van der Waals surface area contributed by atoms with Crippen LogP contribution >= 0.6 is 0 Å². The lowest BCUT2D eigenvalue weighted by molar-refractivity contribution is 0.320. The molecule has 2 rings (SSSR count). The molecule has 2 aromatic rings. The topological polar surface area (TPSA) is 57.4 Å². The fourth-order valence-electron chi connectivity index (χ4n) is 1.59. The van der Waals surface area contributed by atoms with Crippen molar-refractivity contribution in [3.63, 3.8) is 0 Å². The van der Waals surface area contributed by atoms with Crippen LogP contribution in [0.2, 0.25) is 0 Å². The van der Waals surface area contributed by atoms with E-state index in [1.54, 1.807) is 31.6 Å². The number of nitrogens with two attached hydrogens (primary N) is 1. The standard InChI is InChI=1S/C14H16N2O2/c1-17-12-2-3-13(15)14(10-12)18-9-6-11-4-7-16-8-5-11/h2-5,7-8,10H,6,9,15H2,1H3. The molecule has 0 radical (unpaired) electrons. The monoisotopic (exact) mass is 244 g/mol. The van der Waals surface area contributed by atoms with E-state index in [-0.39, 0.29) is 0 Å². The Morgan fingerprint density at radius 1 is 1.17 bits per heavy atom. The average Bonchev–Trinajstić information content (AvgIpc) is 2.42. The average molecular weight is 244 g/mol. The van der Waals surface area contributed by atoms with Gasteiger partial charge in [-0.1, -0.05) is 0 Å². The molecule has 0 fully saturated rings. The maximum atomic E-state index is 5.83. The van der Waals surface area contributed by atoms with Gasteiger partial charge < -0.3 is 15.2 Å². The van der Waals surface area contributed by atoms with Crippen LogP contribution in [-0.4, -0.2) is 18.7 Å². The summed E-state index contributed by atoms with van der Waals surface area (Å²) in [5, 5.41) is 0. The number of ether oxygens (including phenoxy) is 2. The zero-order valence-electron chi connectivity index (χ0n) is 10.3. The predicted octanol–water partition coefficient (Wildman–Crippen LogP) is 2.29. The molecule has 0 aliphatic rings. The Morgan fingerprint density at radius 2 is 1.94 bits per heavy atom. The predicted molar refractivity (Wildman–Crippen MR) is 70.8 cm³/mol. The molecule has 0 atom stereocenters. The van der Waals surface area contributed by atoms with Gasteiger partial charge in [-0.05, 0) is 29.8 Å². The van der Waals surface area contributed by atoms with Gasteiger partial charge in [0.1, 0.15) is 11.5 Å². The second kappa shape index (κ2) is 5.91. The normalized spacial score (nSPS) is 10.1. The summed E-state index contributed by atoms with van der Waals surface area (Å²) in [6, 6.07) is 9.32. The van der Waals surface area contributed by atoms with Gasteiger partial charge in [-0.3, -0.25) is 4.98 Å². The molecular formula is C14H16N2O2. The van der Waals surface area contributed by atoms with Crippen LogP contribution in [0.15, 0.2) is 42.7 Å². The Balaban J connectivity index is 1.94. The van der Waals surface area contributed by atoms with Gasteiger partial charge in [0.15, 0.2) is 0 Å². The summed E-state index contributed by atoms with van der Waals surface area (Å²) in [6.07, 6.45) is 4.36. The Bertz CT molecular complexity index is 500. The number of rotatable bonds is 5. The summed E-state index contributed by atoms with van der Waals surface area (Å²) in [4.78, 5) is 3.97. The van der Waals surface area contributed by atoms with Crippen molar-refractivity contribution in [3.05, 3.63) is 48.3 Å². The van der Waals surface area contributed by atoms with Crippen LogP contribution in [0.5, 0.6) is 11.5 Å². The number of nitrogens with zero attached hydrogens (tertiary/aromatic N) is 1. The van der Waals surface area contributed by atoms with Gasteiger partial charge in [0, 0.05) is 24.9 Å². The molecule has 0 bridgehead atoms. The molecule has 0 amide bonds. The van der Waals surface area contributed by atoms with Gasteiger partial charge in [-0.2, -0.15) is 0 Å². The summed E-state index contributed by atoms with van der Waals surface area (Å²) in [7, 11) is 1.62. The molecule has 0 spiro atoms. The minimum atomic E-state index is 0.571. The third-order valence-corrected chi connectivity index (χ3v) is 2.62. The summed E-state index contributed by atoms with van der Waals surface area (Å²) in [6.45, 7) is 0.571. The molecule has 1 aromatic heterocycles. The Hall–Kier alpha value is -2.23. The first-order valence-corrected chi connectivity index (χ1v) is 5.75. The van der Waals surface area contributed by atoms with E-state index in [9.17, 15) is 0 Å². The Kier molecular flexibility index (Phi) is 4.02. The number of hydrogen-bond acceptors (Lipinski definition) is 4. The van der Waals surface area contributed by atoms with E-state index in [1.807, 2.05) is 18.2 Å². The summed E-state index contributed by atoms with van der Waals surface area (Å²) in [5.74, 6) is 1.39. The first-order chi connectivity index (χ1) is 8.79. The van der Waals surface area contributed by atoms with Gasteiger partial charge in [-0.15, -0.1) is 0 Å². The molecule has 94 valence electrons. The number of nitrogen functional groups attached to an aromatic ring is 1. The van der Waals surface area contributed by atoms with Gasteiger partial charge in [0.05, 0.1) is 19.4 Å². The number of hydrogen-bond donors (Lipinski definition) is 1. The Labute approximate surface area is 106 Å². The van der Waals surface area contributed by atoms with Crippen molar-refractivity contribution < 1.29 is 9.47 Å². The van der Waals surface area contributed by atoms with Crippen LogP contribution in [0.25, 0.3) is 0 Å². The van der Waals surface area contributed by atoms with Crippen molar-refractivity contribution in [3.8, 4) is 11.5 Å². The van der Waals surface area contributed by atoms with Crippen LogP contribution in [-0.2, 0) is 6.42 Å². The van der Waals surface area contributed by atoms with Crippen LogP contribution in [0, 0.1) is 0 Å². The minimum absolute atomic E-state index is 0.571.